The molecular weight excluding hydrogens is 516 g/mol. The Labute approximate surface area is 192 Å². The van der Waals surface area contributed by atoms with Crippen LogP contribution in [0.15, 0.2) is 44.9 Å². The number of terminal acetylenes is 1. The SMILES string of the molecule is C#CCOc1c(Br)cc(/C=C(\C#N)C(=O)NCc2ccc(OC)cc2OC)cc1Br. The second-order valence-corrected chi connectivity index (χ2v) is 7.55. The molecule has 1 amide bonds. The molecule has 0 fully saturated rings. The highest BCUT2D eigenvalue weighted by molar-refractivity contribution is 9.11. The Kier molecular flexibility index (Phi) is 8.79. The predicted molar refractivity (Wildman–Crippen MR) is 121 cm³/mol. The number of rotatable bonds is 8. The maximum atomic E-state index is 12.5. The van der Waals surface area contributed by atoms with E-state index in [1.54, 1.807) is 37.4 Å². The second-order valence-electron chi connectivity index (χ2n) is 5.84. The average Bonchev–Trinajstić information content (AvgIpc) is 2.75. The zero-order chi connectivity index (χ0) is 22.1. The van der Waals surface area contributed by atoms with Crippen LogP contribution in [0.25, 0.3) is 6.08 Å². The van der Waals surface area contributed by atoms with E-state index in [-0.39, 0.29) is 18.7 Å². The summed E-state index contributed by atoms with van der Waals surface area (Å²) in [6.07, 6.45) is 6.70. The zero-order valence-electron chi connectivity index (χ0n) is 16.3. The molecule has 2 rings (SSSR count). The fourth-order valence-electron chi connectivity index (χ4n) is 2.50. The number of nitrogens with zero attached hydrogens (tertiary/aromatic N) is 1. The molecule has 0 aliphatic rings. The summed E-state index contributed by atoms with van der Waals surface area (Å²) in [6, 6.07) is 10.7. The van der Waals surface area contributed by atoms with Gasteiger partial charge in [0.2, 0.25) is 0 Å². The molecule has 154 valence electrons. The summed E-state index contributed by atoms with van der Waals surface area (Å²) < 4.78 is 17.2. The van der Waals surface area contributed by atoms with E-state index in [1.807, 2.05) is 6.07 Å². The summed E-state index contributed by atoms with van der Waals surface area (Å²) in [7, 11) is 3.10. The second kappa shape index (κ2) is 11.3. The fourth-order valence-corrected chi connectivity index (χ4v) is 3.95. The van der Waals surface area contributed by atoms with Crippen LogP contribution >= 0.6 is 31.9 Å². The number of benzene rings is 2. The molecule has 0 unspecified atom stereocenters. The van der Waals surface area contributed by atoms with E-state index in [4.69, 9.17) is 20.6 Å². The third-order valence-corrected chi connectivity index (χ3v) is 5.11. The average molecular weight is 534 g/mol. The van der Waals surface area contributed by atoms with Crippen molar-refractivity contribution < 1.29 is 19.0 Å². The molecule has 2 aromatic rings. The minimum absolute atomic E-state index is 0.0430. The minimum Gasteiger partial charge on any atom is -0.497 e. The van der Waals surface area contributed by atoms with Crippen LogP contribution in [0.4, 0.5) is 0 Å². The largest absolute Gasteiger partial charge is 0.497 e. The van der Waals surface area contributed by atoms with Crippen molar-refractivity contribution in [3.05, 3.63) is 56.0 Å². The molecule has 0 saturated carbocycles. The summed E-state index contributed by atoms with van der Waals surface area (Å²) in [4.78, 5) is 12.5. The van der Waals surface area contributed by atoms with Crippen molar-refractivity contribution >= 4 is 43.8 Å². The number of nitriles is 1. The van der Waals surface area contributed by atoms with Gasteiger partial charge in [-0.05, 0) is 67.8 Å². The lowest BCUT2D eigenvalue weighted by atomic mass is 10.1. The molecule has 8 heteroatoms. The first-order valence-electron chi connectivity index (χ1n) is 8.59. The smallest absolute Gasteiger partial charge is 0.262 e. The Morgan fingerprint density at radius 1 is 1.20 bits per heavy atom. The van der Waals surface area contributed by atoms with Gasteiger partial charge in [0, 0.05) is 18.2 Å². The number of hydrogen-bond acceptors (Lipinski definition) is 5. The molecule has 0 spiro atoms. The Morgan fingerprint density at radius 2 is 1.90 bits per heavy atom. The van der Waals surface area contributed by atoms with Crippen LogP contribution in [0.1, 0.15) is 11.1 Å². The van der Waals surface area contributed by atoms with Crippen molar-refractivity contribution in [2.75, 3.05) is 20.8 Å². The van der Waals surface area contributed by atoms with Gasteiger partial charge in [0.05, 0.1) is 23.2 Å². The first-order chi connectivity index (χ1) is 14.4. The van der Waals surface area contributed by atoms with Gasteiger partial charge in [-0.25, -0.2) is 0 Å². The van der Waals surface area contributed by atoms with Crippen molar-refractivity contribution in [1.29, 1.82) is 5.26 Å². The van der Waals surface area contributed by atoms with E-state index in [1.165, 1.54) is 13.2 Å². The lowest BCUT2D eigenvalue weighted by Crippen LogP contribution is -2.24. The van der Waals surface area contributed by atoms with Crippen molar-refractivity contribution in [2.45, 2.75) is 6.54 Å². The predicted octanol–water partition coefficient (Wildman–Crippen LogP) is 4.46. The van der Waals surface area contributed by atoms with Crippen molar-refractivity contribution in [3.8, 4) is 35.7 Å². The molecule has 0 radical (unpaired) electrons. The number of amides is 1. The quantitative estimate of drug-likeness (QED) is 0.308. The van der Waals surface area contributed by atoms with Crippen LogP contribution in [0.5, 0.6) is 17.2 Å². The molecule has 0 aliphatic carbocycles. The molecule has 6 nitrogen and oxygen atoms in total. The molecule has 0 heterocycles. The fraction of sp³-hybridized carbons (Fsp3) is 0.182. The summed E-state index contributed by atoms with van der Waals surface area (Å²) in [5.74, 6) is 3.65. The molecule has 0 saturated heterocycles. The van der Waals surface area contributed by atoms with Gasteiger partial charge in [0.1, 0.15) is 35.5 Å². The van der Waals surface area contributed by atoms with Gasteiger partial charge < -0.3 is 19.5 Å². The lowest BCUT2D eigenvalue weighted by molar-refractivity contribution is -0.117. The standard InChI is InChI=1S/C22H18Br2N2O4/c1-4-7-30-21-18(23)9-14(10-19(21)24)8-16(12-25)22(27)26-13-15-5-6-17(28-2)11-20(15)29-3/h1,5-6,8-11H,7,13H2,2-3H3,(H,26,27)/b16-8+. The molecular formula is C22H18Br2N2O4. The number of carbonyl (C=O) groups excluding carboxylic acids is 1. The Morgan fingerprint density at radius 3 is 2.47 bits per heavy atom. The third kappa shape index (κ3) is 6.03. The van der Waals surface area contributed by atoms with Gasteiger partial charge in [-0.2, -0.15) is 5.26 Å². The Bertz CT molecular complexity index is 1030. The minimum atomic E-state index is -0.504. The van der Waals surface area contributed by atoms with Crippen LogP contribution in [0, 0.1) is 23.7 Å². The van der Waals surface area contributed by atoms with Gasteiger partial charge in [0.25, 0.3) is 5.91 Å². The van der Waals surface area contributed by atoms with Crippen molar-refractivity contribution in [3.63, 3.8) is 0 Å². The molecule has 0 atom stereocenters. The third-order valence-electron chi connectivity index (χ3n) is 3.93. The summed E-state index contributed by atoms with van der Waals surface area (Å²) in [5.41, 5.74) is 1.35. The first-order valence-corrected chi connectivity index (χ1v) is 10.2. The topological polar surface area (TPSA) is 80.6 Å². The highest BCUT2D eigenvalue weighted by Gasteiger charge is 2.13. The van der Waals surface area contributed by atoms with E-state index in [0.717, 1.165) is 5.56 Å². The number of carbonyl (C=O) groups is 1. The van der Waals surface area contributed by atoms with Gasteiger partial charge in [-0.3, -0.25) is 4.79 Å². The van der Waals surface area contributed by atoms with Crippen LogP contribution in [-0.4, -0.2) is 26.7 Å². The molecule has 0 bridgehead atoms. The zero-order valence-corrected chi connectivity index (χ0v) is 19.5. The highest BCUT2D eigenvalue weighted by Crippen LogP contribution is 2.35. The maximum Gasteiger partial charge on any atom is 0.262 e. The van der Waals surface area contributed by atoms with Gasteiger partial charge in [-0.1, -0.05) is 5.92 Å². The summed E-state index contributed by atoms with van der Waals surface area (Å²) in [6.45, 7) is 0.310. The number of nitrogens with one attached hydrogen (secondary N) is 1. The van der Waals surface area contributed by atoms with E-state index < -0.39 is 5.91 Å². The first kappa shape index (κ1) is 23.3. The summed E-state index contributed by atoms with van der Waals surface area (Å²) >= 11 is 6.81. The maximum absolute atomic E-state index is 12.5. The normalized spacial score (nSPS) is 10.5. The molecule has 1 N–H and O–H groups in total. The number of ether oxygens (including phenoxy) is 3. The molecule has 2 aromatic carbocycles. The number of halogens is 2. The van der Waals surface area contributed by atoms with Crippen LogP contribution in [-0.2, 0) is 11.3 Å². The van der Waals surface area contributed by atoms with E-state index in [0.29, 0.717) is 31.8 Å². The Balaban J connectivity index is 2.18. The van der Waals surface area contributed by atoms with Crippen LogP contribution in [0.3, 0.4) is 0 Å². The molecule has 0 aliphatic heterocycles. The highest BCUT2D eigenvalue weighted by atomic mass is 79.9. The molecule has 0 aromatic heterocycles. The van der Waals surface area contributed by atoms with Crippen LogP contribution < -0.4 is 19.5 Å². The van der Waals surface area contributed by atoms with Crippen molar-refractivity contribution in [2.24, 2.45) is 0 Å². The Hall–Kier alpha value is -2.94. The van der Waals surface area contributed by atoms with Crippen molar-refractivity contribution in [1.82, 2.24) is 5.32 Å². The van der Waals surface area contributed by atoms with Gasteiger partial charge in [-0.15, -0.1) is 6.42 Å². The monoisotopic (exact) mass is 532 g/mol. The number of hydrogen-bond donors (Lipinski definition) is 1. The lowest BCUT2D eigenvalue weighted by Gasteiger charge is -2.11. The van der Waals surface area contributed by atoms with Crippen LogP contribution in [0.2, 0.25) is 0 Å². The van der Waals surface area contributed by atoms with E-state index in [9.17, 15) is 10.1 Å². The van der Waals surface area contributed by atoms with Gasteiger partial charge >= 0.3 is 0 Å². The summed E-state index contributed by atoms with van der Waals surface area (Å²) in [5, 5.41) is 12.2. The molecule has 30 heavy (non-hydrogen) atoms. The van der Waals surface area contributed by atoms with Gasteiger partial charge in [0.15, 0.2) is 0 Å². The van der Waals surface area contributed by atoms with E-state index >= 15 is 0 Å². The van der Waals surface area contributed by atoms with E-state index in [2.05, 4.69) is 43.1 Å². The number of methoxy groups -OCH3 is 2.